The van der Waals surface area contributed by atoms with Crippen LogP contribution in [0.15, 0.2) is 23.9 Å². The molecule has 3 nitrogen and oxygen atoms in total. The second kappa shape index (κ2) is 5.75. The molecule has 0 rings (SSSR count). The van der Waals surface area contributed by atoms with E-state index in [9.17, 15) is 0 Å². The summed E-state index contributed by atoms with van der Waals surface area (Å²) in [6.45, 7) is 8.26. The summed E-state index contributed by atoms with van der Waals surface area (Å²) >= 11 is 0. The average Bonchev–Trinajstić information content (AvgIpc) is 2.08. The lowest BCUT2D eigenvalue weighted by molar-refractivity contribution is 0.143. The van der Waals surface area contributed by atoms with Gasteiger partial charge in [0.1, 0.15) is 0 Å². The molecule has 0 atom stereocenters. The van der Waals surface area contributed by atoms with Gasteiger partial charge in [0.2, 0.25) is 8.32 Å². The highest BCUT2D eigenvalue weighted by molar-refractivity contribution is 6.70. The molecule has 0 aromatic carbocycles. The van der Waals surface area contributed by atoms with Gasteiger partial charge in [0, 0.05) is 5.57 Å². The van der Waals surface area contributed by atoms with Crippen LogP contribution in [-0.2, 0) is 13.9 Å². The van der Waals surface area contributed by atoms with Gasteiger partial charge in [-0.15, -0.1) is 0 Å². The quantitative estimate of drug-likeness (QED) is 0.402. The van der Waals surface area contributed by atoms with Crippen molar-refractivity contribution in [1.29, 1.82) is 0 Å². The maximum Gasteiger partial charge on any atom is 0.268 e. The minimum atomic E-state index is -1.60. The molecule has 0 bridgehead atoms. The topological polar surface area (TPSA) is 27.7 Å². The number of hydrogen-bond donors (Lipinski definition) is 0. The van der Waals surface area contributed by atoms with E-state index in [1.54, 1.807) is 20.5 Å². The number of allylic oxidation sites excluding steroid dienone is 2. The molecule has 0 amide bonds. The lowest BCUT2D eigenvalue weighted by atomic mass is 10.3. The Morgan fingerprint density at radius 3 is 2.07 bits per heavy atom. The van der Waals surface area contributed by atoms with E-state index in [-0.39, 0.29) is 0 Å². The summed E-state index contributed by atoms with van der Waals surface area (Å²) in [5.74, 6) is 0.581. The van der Waals surface area contributed by atoms with Crippen LogP contribution in [-0.4, -0.2) is 22.5 Å². The summed E-state index contributed by atoms with van der Waals surface area (Å²) in [4.78, 5) is 0. The Hall–Kier alpha value is -0.903. The Morgan fingerprint density at radius 2 is 1.71 bits per heavy atom. The van der Waals surface area contributed by atoms with Crippen LogP contribution in [0.5, 0.6) is 0 Å². The summed E-state index contributed by atoms with van der Waals surface area (Å²) < 4.78 is 15.7. The van der Waals surface area contributed by atoms with Gasteiger partial charge in [-0.05, 0) is 32.6 Å². The monoisotopic (exact) mass is 216 g/mol. The molecule has 0 aliphatic carbocycles. The molecule has 0 spiro atoms. The van der Waals surface area contributed by atoms with Gasteiger partial charge >= 0.3 is 0 Å². The first kappa shape index (κ1) is 13.1. The Kier molecular flexibility index (Phi) is 5.38. The number of methoxy groups -OCH3 is 2. The van der Waals surface area contributed by atoms with E-state index in [1.165, 1.54) is 0 Å². The molecule has 4 heteroatoms. The molecule has 0 radical (unpaired) electrons. The molecule has 14 heavy (non-hydrogen) atoms. The number of ether oxygens (including phenoxy) is 2. The SMILES string of the molecule is CO/C=C/C(C)=C(/OC)O[Si](C)(C)C. The van der Waals surface area contributed by atoms with E-state index >= 15 is 0 Å². The Labute approximate surface area is 87.5 Å². The van der Waals surface area contributed by atoms with Crippen molar-refractivity contribution < 1.29 is 13.9 Å². The zero-order valence-electron chi connectivity index (χ0n) is 9.88. The van der Waals surface area contributed by atoms with Gasteiger partial charge in [-0.3, -0.25) is 0 Å². The third-order valence-corrected chi connectivity index (χ3v) is 2.16. The Morgan fingerprint density at radius 1 is 1.14 bits per heavy atom. The van der Waals surface area contributed by atoms with Gasteiger partial charge < -0.3 is 13.9 Å². The summed E-state index contributed by atoms with van der Waals surface area (Å²) in [6, 6.07) is 0. The van der Waals surface area contributed by atoms with E-state index in [2.05, 4.69) is 19.6 Å². The van der Waals surface area contributed by atoms with E-state index < -0.39 is 8.32 Å². The normalized spacial score (nSPS) is 13.9. The fourth-order valence-corrected chi connectivity index (χ4v) is 1.60. The summed E-state index contributed by atoms with van der Waals surface area (Å²) in [5.41, 5.74) is 0.928. The Balaban J connectivity index is 4.59. The van der Waals surface area contributed by atoms with Crippen molar-refractivity contribution >= 4 is 8.32 Å². The zero-order valence-corrected chi connectivity index (χ0v) is 10.9. The van der Waals surface area contributed by atoms with Crippen LogP contribution in [0.25, 0.3) is 0 Å². The lowest BCUT2D eigenvalue weighted by Gasteiger charge is -2.21. The van der Waals surface area contributed by atoms with Crippen LogP contribution >= 0.6 is 0 Å². The second-order valence-corrected chi connectivity index (χ2v) is 8.36. The zero-order chi connectivity index (χ0) is 11.2. The van der Waals surface area contributed by atoms with Gasteiger partial charge in [-0.25, -0.2) is 0 Å². The largest absolute Gasteiger partial charge is 0.520 e. The third-order valence-electron chi connectivity index (χ3n) is 1.36. The smallest absolute Gasteiger partial charge is 0.268 e. The first-order valence-corrected chi connectivity index (χ1v) is 7.94. The van der Waals surface area contributed by atoms with Gasteiger partial charge in [-0.2, -0.15) is 0 Å². The van der Waals surface area contributed by atoms with E-state index in [4.69, 9.17) is 13.9 Å². The predicted octanol–water partition coefficient (Wildman–Crippen LogP) is 2.88. The molecule has 82 valence electrons. The highest BCUT2D eigenvalue weighted by Crippen LogP contribution is 2.15. The molecule has 0 fully saturated rings. The van der Waals surface area contributed by atoms with Crippen molar-refractivity contribution in [2.75, 3.05) is 14.2 Å². The highest BCUT2D eigenvalue weighted by atomic mass is 28.4. The third kappa shape index (κ3) is 5.69. The standard InChI is InChI=1S/C10H20O3Si/c1-9(7-8-11-2)10(12-3)13-14(4,5)6/h7-8H,1-6H3/b8-7+,10-9-. The average molecular weight is 216 g/mol. The summed E-state index contributed by atoms with van der Waals surface area (Å²) in [5, 5.41) is 0. The van der Waals surface area contributed by atoms with Crippen molar-refractivity contribution in [2.24, 2.45) is 0 Å². The minimum absolute atomic E-state index is 0.581. The fraction of sp³-hybridized carbons (Fsp3) is 0.600. The fourth-order valence-electron chi connectivity index (χ4n) is 0.799. The number of hydrogen-bond acceptors (Lipinski definition) is 3. The lowest BCUT2D eigenvalue weighted by Crippen LogP contribution is -2.25. The van der Waals surface area contributed by atoms with E-state index in [1.807, 2.05) is 13.0 Å². The summed E-state index contributed by atoms with van der Waals surface area (Å²) in [6.07, 6.45) is 3.42. The molecule has 0 aliphatic heterocycles. The molecular formula is C10H20O3Si. The maximum absolute atomic E-state index is 5.74. The highest BCUT2D eigenvalue weighted by Gasteiger charge is 2.19. The maximum atomic E-state index is 5.74. The van der Waals surface area contributed by atoms with Gasteiger partial charge in [0.05, 0.1) is 20.5 Å². The summed E-state index contributed by atoms with van der Waals surface area (Å²) in [7, 11) is 1.62. The van der Waals surface area contributed by atoms with Crippen molar-refractivity contribution in [2.45, 2.75) is 26.6 Å². The van der Waals surface area contributed by atoms with Gasteiger partial charge in [0.25, 0.3) is 5.95 Å². The van der Waals surface area contributed by atoms with Crippen LogP contribution in [0.2, 0.25) is 19.6 Å². The van der Waals surface area contributed by atoms with Crippen molar-refractivity contribution in [3.05, 3.63) is 23.9 Å². The first-order chi connectivity index (χ1) is 6.40. The van der Waals surface area contributed by atoms with Gasteiger partial charge in [0.15, 0.2) is 0 Å². The molecule has 0 saturated heterocycles. The van der Waals surface area contributed by atoms with Crippen molar-refractivity contribution in [3.63, 3.8) is 0 Å². The van der Waals surface area contributed by atoms with Crippen LogP contribution in [0, 0.1) is 0 Å². The molecule has 0 aliphatic rings. The number of rotatable bonds is 5. The molecular weight excluding hydrogens is 196 g/mol. The molecule has 0 aromatic rings. The minimum Gasteiger partial charge on any atom is -0.520 e. The molecule has 0 unspecified atom stereocenters. The Bertz CT molecular complexity index is 226. The van der Waals surface area contributed by atoms with Gasteiger partial charge in [-0.1, -0.05) is 0 Å². The molecule has 0 saturated carbocycles. The second-order valence-electron chi connectivity index (χ2n) is 3.93. The van der Waals surface area contributed by atoms with Crippen molar-refractivity contribution in [3.8, 4) is 0 Å². The van der Waals surface area contributed by atoms with E-state index in [0.717, 1.165) is 5.57 Å². The molecule has 0 aromatic heterocycles. The predicted molar refractivity (Wildman–Crippen MR) is 60.3 cm³/mol. The first-order valence-electron chi connectivity index (χ1n) is 4.54. The van der Waals surface area contributed by atoms with E-state index in [0.29, 0.717) is 5.95 Å². The van der Waals surface area contributed by atoms with Crippen LogP contribution in [0.3, 0.4) is 0 Å². The molecule has 0 N–H and O–H groups in total. The van der Waals surface area contributed by atoms with Crippen LogP contribution in [0.4, 0.5) is 0 Å². The van der Waals surface area contributed by atoms with Crippen LogP contribution < -0.4 is 0 Å². The molecule has 0 heterocycles. The van der Waals surface area contributed by atoms with Crippen LogP contribution in [0.1, 0.15) is 6.92 Å². The van der Waals surface area contributed by atoms with Crippen molar-refractivity contribution in [1.82, 2.24) is 0 Å².